The average Bonchev–Trinajstić information content (AvgIpc) is 3.47. The highest BCUT2D eigenvalue weighted by molar-refractivity contribution is 7.13. The number of hydrogen-bond acceptors (Lipinski definition) is 7. The zero-order chi connectivity index (χ0) is 21.1. The molecule has 1 unspecified atom stereocenters. The van der Waals surface area contributed by atoms with Crippen LogP contribution in [0.1, 0.15) is 36.0 Å². The number of thiazole rings is 1. The summed E-state index contributed by atoms with van der Waals surface area (Å²) in [6, 6.07) is 4.70. The van der Waals surface area contributed by atoms with Gasteiger partial charge >= 0.3 is 0 Å². The Balaban J connectivity index is 1.48. The fourth-order valence-electron chi connectivity index (χ4n) is 4.08. The second kappa shape index (κ2) is 8.78. The van der Waals surface area contributed by atoms with Gasteiger partial charge < -0.3 is 15.1 Å². The van der Waals surface area contributed by atoms with Gasteiger partial charge in [-0.25, -0.2) is 4.98 Å². The topological polar surface area (TPSA) is 109 Å². The second-order valence-corrected chi connectivity index (χ2v) is 8.47. The van der Waals surface area contributed by atoms with E-state index in [0.29, 0.717) is 30.2 Å². The normalized spacial score (nSPS) is 19.0. The summed E-state index contributed by atoms with van der Waals surface area (Å²) in [6.45, 7) is 2.39. The van der Waals surface area contributed by atoms with Crippen molar-refractivity contribution in [2.45, 2.75) is 25.7 Å². The fourth-order valence-corrected chi connectivity index (χ4v) is 4.61. The number of hydrogen-bond donors (Lipinski definition) is 1. The number of likely N-dealkylation sites (tertiary alicyclic amines) is 1. The minimum atomic E-state index is -0.426. The van der Waals surface area contributed by atoms with Crippen LogP contribution in [0.3, 0.4) is 0 Å². The van der Waals surface area contributed by atoms with Gasteiger partial charge in [0.1, 0.15) is 5.69 Å². The molecule has 10 heteroatoms. The third kappa shape index (κ3) is 4.28. The number of rotatable bonds is 5. The third-order valence-electron chi connectivity index (χ3n) is 5.61. The van der Waals surface area contributed by atoms with E-state index in [1.807, 2.05) is 4.90 Å². The number of benzene rings is 1. The Morgan fingerprint density at radius 1 is 1.20 bits per heavy atom. The Labute approximate surface area is 177 Å². The Kier molecular flexibility index (Phi) is 5.93. The Morgan fingerprint density at radius 3 is 2.70 bits per heavy atom. The van der Waals surface area contributed by atoms with Gasteiger partial charge in [0, 0.05) is 49.4 Å². The van der Waals surface area contributed by atoms with Gasteiger partial charge in [0.05, 0.1) is 10.8 Å². The van der Waals surface area contributed by atoms with Crippen molar-refractivity contribution in [3.63, 3.8) is 0 Å². The van der Waals surface area contributed by atoms with E-state index < -0.39 is 4.92 Å². The highest BCUT2D eigenvalue weighted by Crippen LogP contribution is 2.32. The molecule has 0 radical (unpaired) electrons. The maximum absolute atomic E-state index is 13.0. The molecule has 0 spiro atoms. The molecule has 2 aromatic rings. The summed E-state index contributed by atoms with van der Waals surface area (Å²) >= 11 is 1.34. The average molecular weight is 430 g/mol. The van der Waals surface area contributed by atoms with Crippen molar-refractivity contribution in [3.8, 4) is 0 Å². The zero-order valence-corrected chi connectivity index (χ0v) is 17.3. The minimum Gasteiger partial charge on any atom is -0.366 e. The fraction of sp³-hybridized carbons (Fsp3) is 0.450. The first-order valence-electron chi connectivity index (χ1n) is 10.1. The summed E-state index contributed by atoms with van der Waals surface area (Å²) in [6.07, 6.45) is 5.03. The van der Waals surface area contributed by atoms with E-state index in [2.05, 4.69) is 10.3 Å². The predicted molar refractivity (Wildman–Crippen MR) is 114 cm³/mol. The number of nitrogens with one attached hydrogen (secondary N) is 1. The molecule has 3 heterocycles. The molecule has 0 saturated carbocycles. The van der Waals surface area contributed by atoms with Crippen LogP contribution in [0, 0.1) is 16.0 Å². The smallest absolute Gasteiger partial charge is 0.293 e. The van der Waals surface area contributed by atoms with Gasteiger partial charge in [-0.05, 0) is 37.8 Å². The quantitative estimate of drug-likeness (QED) is 0.578. The lowest BCUT2D eigenvalue weighted by atomic mass is 9.96. The number of aromatic nitrogens is 1. The number of nitrogens with zero attached hydrogens (tertiary/aromatic N) is 4. The van der Waals surface area contributed by atoms with Crippen molar-refractivity contribution >= 4 is 39.7 Å². The lowest BCUT2D eigenvalue weighted by Gasteiger charge is -2.32. The van der Waals surface area contributed by atoms with Crippen molar-refractivity contribution in [2.75, 3.05) is 36.4 Å². The van der Waals surface area contributed by atoms with E-state index in [-0.39, 0.29) is 35.5 Å². The molecule has 1 atom stereocenters. The predicted octanol–water partition coefficient (Wildman–Crippen LogP) is 3.14. The van der Waals surface area contributed by atoms with Crippen LogP contribution >= 0.6 is 11.3 Å². The maximum Gasteiger partial charge on any atom is 0.293 e. The van der Waals surface area contributed by atoms with Crippen LogP contribution in [0.5, 0.6) is 0 Å². The highest BCUT2D eigenvalue weighted by Gasteiger charge is 2.31. The molecule has 4 rings (SSSR count). The largest absolute Gasteiger partial charge is 0.366 e. The molecular weight excluding hydrogens is 406 g/mol. The van der Waals surface area contributed by atoms with Crippen molar-refractivity contribution < 1.29 is 14.5 Å². The monoisotopic (exact) mass is 429 g/mol. The van der Waals surface area contributed by atoms with Crippen LogP contribution in [0.4, 0.5) is 16.5 Å². The Bertz CT molecular complexity index is 943. The number of amides is 2. The first kappa shape index (κ1) is 20.3. The Hall–Kier alpha value is -3.01. The van der Waals surface area contributed by atoms with Crippen LogP contribution in [0.15, 0.2) is 29.8 Å². The van der Waals surface area contributed by atoms with Crippen LogP contribution in [-0.2, 0) is 4.79 Å². The van der Waals surface area contributed by atoms with E-state index in [4.69, 9.17) is 0 Å². The zero-order valence-electron chi connectivity index (χ0n) is 16.5. The number of carbonyl (C=O) groups excluding carboxylic acids is 2. The molecule has 0 aliphatic carbocycles. The number of nitro groups is 1. The lowest BCUT2D eigenvalue weighted by molar-refractivity contribution is -0.384. The molecule has 2 saturated heterocycles. The van der Waals surface area contributed by atoms with Gasteiger partial charge in [0.2, 0.25) is 5.91 Å². The summed E-state index contributed by atoms with van der Waals surface area (Å²) in [7, 11) is 0. The van der Waals surface area contributed by atoms with E-state index in [1.54, 1.807) is 28.6 Å². The molecule has 2 fully saturated rings. The van der Waals surface area contributed by atoms with Crippen LogP contribution in [0.25, 0.3) is 0 Å². The first-order chi connectivity index (χ1) is 14.5. The van der Waals surface area contributed by atoms with Gasteiger partial charge in [-0.1, -0.05) is 0 Å². The molecule has 30 heavy (non-hydrogen) atoms. The van der Waals surface area contributed by atoms with E-state index in [9.17, 15) is 19.7 Å². The second-order valence-electron chi connectivity index (χ2n) is 7.57. The SMILES string of the molecule is O=C(Nc1nccs1)C1CCCN(C(=O)c2ccc(N3CCCC3)c([N+](=O)[O-])c2)C1. The van der Waals surface area contributed by atoms with E-state index >= 15 is 0 Å². The van der Waals surface area contributed by atoms with Gasteiger partial charge in [-0.3, -0.25) is 19.7 Å². The van der Waals surface area contributed by atoms with Gasteiger partial charge in [0.15, 0.2) is 5.13 Å². The van der Waals surface area contributed by atoms with Crippen molar-refractivity contribution in [1.29, 1.82) is 0 Å². The third-order valence-corrected chi connectivity index (χ3v) is 6.30. The summed E-state index contributed by atoms with van der Waals surface area (Å²) in [4.78, 5) is 44.4. The maximum atomic E-state index is 13.0. The van der Waals surface area contributed by atoms with Crippen molar-refractivity contribution in [2.24, 2.45) is 5.92 Å². The van der Waals surface area contributed by atoms with Crippen molar-refractivity contribution in [3.05, 3.63) is 45.5 Å². The molecular formula is C20H23N5O4S. The molecule has 2 amide bonds. The van der Waals surface area contributed by atoms with Crippen LogP contribution < -0.4 is 10.2 Å². The molecule has 1 N–H and O–H groups in total. The summed E-state index contributed by atoms with van der Waals surface area (Å²) in [5.41, 5.74) is 0.803. The number of anilines is 2. The number of piperidine rings is 1. The van der Waals surface area contributed by atoms with E-state index in [0.717, 1.165) is 25.9 Å². The van der Waals surface area contributed by atoms with Gasteiger partial charge in [-0.2, -0.15) is 0 Å². The molecule has 0 bridgehead atoms. The van der Waals surface area contributed by atoms with Gasteiger partial charge in [-0.15, -0.1) is 11.3 Å². The summed E-state index contributed by atoms with van der Waals surface area (Å²) in [5, 5.41) is 16.7. The summed E-state index contributed by atoms with van der Waals surface area (Å²) in [5.74, 6) is -0.763. The lowest BCUT2D eigenvalue weighted by Crippen LogP contribution is -2.43. The Morgan fingerprint density at radius 2 is 2.00 bits per heavy atom. The molecule has 1 aromatic heterocycles. The molecule has 158 valence electrons. The minimum absolute atomic E-state index is 0.0437. The van der Waals surface area contributed by atoms with Gasteiger partial charge in [0.25, 0.3) is 11.6 Å². The molecule has 1 aromatic carbocycles. The first-order valence-corrected chi connectivity index (χ1v) is 10.9. The molecule has 2 aliphatic heterocycles. The molecule has 2 aliphatic rings. The number of nitro benzene ring substituents is 1. The van der Waals surface area contributed by atoms with Crippen molar-refractivity contribution in [1.82, 2.24) is 9.88 Å². The van der Waals surface area contributed by atoms with E-state index in [1.165, 1.54) is 17.4 Å². The highest BCUT2D eigenvalue weighted by atomic mass is 32.1. The van der Waals surface area contributed by atoms with Crippen LogP contribution in [0.2, 0.25) is 0 Å². The van der Waals surface area contributed by atoms with Crippen LogP contribution in [-0.4, -0.2) is 52.8 Å². The molecule has 9 nitrogen and oxygen atoms in total. The number of carbonyl (C=O) groups is 2. The standard InChI is InChI=1S/C20H23N5O4S/c26-18(22-20-21-7-11-30-20)15-4-3-10-24(13-15)19(27)14-5-6-16(17(12-14)25(28)29)23-8-1-2-9-23/h5-7,11-12,15H,1-4,8-10,13H2,(H,21,22,26). The summed E-state index contributed by atoms with van der Waals surface area (Å²) < 4.78 is 0.